The fourth-order valence-electron chi connectivity index (χ4n) is 2.90. The van der Waals surface area contributed by atoms with Crippen LogP contribution in [0.15, 0.2) is 24.3 Å². The van der Waals surface area contributed by atoms with Crippen molar-refractivity contribution in [2.75, 3.05) is 6.61 Å². The van der Waals surface area contributed by atoms with Crippen molar-refractivity contribution in [3.8, 4) is 11.5 Å². The highest BCUT2D eigenvalue weighted by molar-refractivity contribution is 6.45. The number of hydrogen-bond acceptors (Lipinski definition) is 6. The number of hydrogen-bond donors (Lipinski definition) is 2. The molecule has 3 N–H and O–H groups in total. The van der Waals surface area contributed by atoms with E-state index in [1.165, 1.54) is 18.2 Å². The Morgan fingerprint density at radius 1 is 1.30 bits per heavy atom. The number of carbonyl (C=O) groups is 2. The van der Waals surface area contributed by atoms with E-state index in [0.29, 0.717) is 16.7 Å². The smallest absolute Gasteiger partial charge is 0.347 e. The van der Waals surface area contributed by atoms with Crippen LogP contribution in [0.2, 0.25) is 10.0 Å². The third-order valence-corrected chi connectivity index (χ3v) is 5.11. The number of carbonyl (C=O) groups excluding carboxylic acids is 2. The summed E-state index contributed by atoms with van der Waals surface area (Å²) in [7, 11) is 0. The predicted octanol–water partition coefficient (Wildman–Crippen LogP) is 3.26. The molecule has 1 heterocycles. The van der Waals surface area contributed by atoms with E-state index in [2.05, 4.69) is 0 Å². The summed E-state index contributed by atoms with van der Waals surface area (Å²) < 4.78 is 10.5. The van der Waals surface area contributed by atoms with E-state index in [1.54, 1.807) is 13.0 Å². The Morgan fingerprint density at radius 3 is 2.70 bits per heavy atom. The quantitative estimate of drug-likeness (QED) is 0.580. The molecule has 3 rings (SSSR count). The van der Waals surface area contributed by atoms with Gasteiger partial charge in [-0.2, -0.15) is 0 Å². The van der Waals surface area contributed by atoms with E-state index in [4.69, 9.17) is 38.4 Å². The van der Waals surface area contributed by atoms with Gasteiger partial charge in [0.2, 0.25) is 0 Å². The fourth-order valence-corrected chi connectivity index (χ4v) is 3.40. The van der Waals surface area contributed by atoms with Crippen LogP contribution in [0.25, 0.3) is 0 Å². The number of ketones is 1. The SMILES string of the molecule is CCOC(=O)C1Cc2cc(C(=O)c3ccc(O)c(CN)c3)c(Cl)c(Cl)c2O1. The van der Waals surface area contributed by atoms with Crippen molar-refractivity contribution < 1.29 is 24.2 Å². The summed E-state index contributed by atoms with van der Waals surface area (Å²) in [5.41, 5.74) is 7.11. The number of benzene rings is 2. The van der Waals surface area contributed by atoms with Gasteiger partial charge < -0.3 is 20.3 Å². The van der Waals surface area contributed by atoms with E-state index in [1.807, 2.05) is 0 Å². The van der Waals surface area contributed by atoms with Gasteiger partial charge in [0.1, 0.15) is 16.5 Å². The molecule has 0 aromatic heterocycles. The van der Waals surface area contributed by atoms with Crippen molar-refractivity contribution >= 4 is 35.0 Å². The monoisotopic (exact) mass is 409 g/mol. The minimum Gasteiger partial charge on any atom is -0.508 e. The number of phenols is 1. The molecule has 8 heteroatoms. The second-order valence-corrected chi connectivity index (χ2v) is 6.74. The molecule has 0 radical (unpaired) electrons. The Hall–Kier alpha value is -2.28. The molecule has 0 saturated heterocycles. The maximum Gasteiger partial charge on any atom is 0.347 e. The second-order valence-electron chi connectivity index (χ2n) is 5.98. The summed E-state index contributed by atoms with van der Waals surface area (Å²) in [5, 5.41) is 9.84. The van der Waals surface area contributed by atoms with Crippen LogP contribution in [0.4, 0.5) is 0 Å². The highest BCUT2D eigenvalue weighted by Gasteiger charge is 2.34. The molecule has 2 aromatic carbocycles. The van der Waals surface area contributed by atoms with Crippen molar-refractivity contribution in [3.05, 3.63) is 56.6 Å². The predicted molar refractivity (Wildman–Crippen MR) is 101 cm³/mol. The molecular formula is C19H17Cl2NO5. The molecule has 27 heavy (non-hydrogen) atoms. The van der Waals surface area contributed by atoms with Gasteiger partial charge in [-0.3, -0.25) is 4.79 Å². The molecule has 1 aliphatic heterocycles. The summed E-state index contributed by atoms with van der Waals surface area (Å²) in [4.78, 5) is 24.8. The molecule has 142 valence electrons. The Balaban J connectivity index is 1.97. The number of phenolic OH excluding ortho intramolecular Hbond substituents is 1. The summed E-state index contributed by atoms with van der Waals surface area (Å²) >= 11 is 12.6. The molecule has 6 nitrogen and oxygen atoms in total. The first-order chi connectivity index (χ1) is 12.9. The first-order valence-electron chi connectivity index (χ1n) is 8.28. The van der Waals surface area contributed by atoms with Gasteiger partial charge in [0.05, 0.1) is 11.6 Å². The zero-order chi connectivity index (χ0) is 19.7. The lowest BCUT2D eigenvalue weighted by Crippen LogP contribution is -2.27. The topological polar surface area (TPSA) is 98.9 Å². The summed E-state index contributed by atoms with van der Waals surface area (Å²) in [5.74, 6) is -0.582. The van der Waals surface area contributed by atoms with E-state index >= 15 is 0 Å². The maximum absolute atomic E-state index is 12.9. The van der Waals surface area contributed by atoms with Gasteiger partial charge in [0.25, 0.3) is 0 Å². The van der Waals surface area contributed by atoms with Crippen molar-refractivity contribution in [3.63, 3.8) is 0 Å². The fraction of sp³-hybridized carbons (Fsp3) is 0.263. The molecule has 0 amide bonds. The van der Waals surface area contributed by atoms with E-state index in [0.717, 1.165) is 0 Å². The minimum atomic E-state index is -0.823. The summed E-state index contributed by atoms with van der Waals surface area (Å²) in [6.07, 6.45) is -0.592. The van der Waals surface area contributed by atoms with Gasteiger partial charge in [0, 0.05) is 35.2 Å². The largest absolute Gasteiger partial charge is 0.508 e. The maximum atomic E-state index is 12.9. The molecule has 0 bridgehead atoms. The molecule has 0 spiro atoms. The van der Waals surface area contributed by atoms with Crippen molar-refractivity contribution in [2.45, 2.75) is 26.0 Å². The average molecular weight is 410 g/mol. The van der Waals surface area contributed by atoms with Crippen LogP contribution >= 0.6 is 23.2 Å². The Labute approximate surface area is 165 Å². The van der Waals surface area contributed by atoms with Gasteiger partial charge in [-0.05, 0) is 31.2 Å². The standard InChI is InChI=1S/C19H17Cl2NO5/c1-2-26-19(25)14-7-10-6-12(15(20)16(21)18(10)27-14)17(24)9-3-4-13(23)11(5-9)8-22/h3-6,14,23H,2,7-8,22H2,1H3. The summed E-state index contributed by atoms with van der Waals surface area (Å²) in [6.45, 7) is 2.02. The van der Waals surface area contributed by atoms with Crippen LogP contribution in [0.1, 0.15) is 34.0 Å². The van der Waals surface area contributed by atoms with Crippen LogP contribution < -0.4 is 10.5 Å². The zero-order valence-corrected chi connectivity index (χ0v) is 15.9. The van der Waals surface area contributed by atoms with Crippen LogP contribution in [0, 0.1) is 0 Å². The number of rotatable bonds is 5. The van der Waals surface area contributed by atoms with Crippen LogP contribution in [-0.2, 0) is 22.5 Å². The first kappa shape index (κ1) is 19.5. The molecule has 2 aromatic rings. The molecule has 1 unspecified atom stereocenters. The molecule has 1 atom stereocenters. The lowest BCUT2D eigenvalue weighted by molar-refractivity contribution is -0.150. The van der Waals surface area contributed by atoms with Gasteiger partial charge in [-0.1, -0.05) is 23.2 Å². The Kier molecular flexibility index (Phi) is 5.60. The third kappa shape index (κ3) is 3.60. The molecular weight excluding hydrogens is 393 g/mol. The highest BCUT2D eigenvalue weighted by atomic mass is 35.5. The van der Waals surface area contributed by atoms with E-state index < -0.39 is 12.1 Å². The number of fused-ring (bicyclic) bond motifs is 1. The third-order valence-electron chi connectivity index (χ3n) is 4.26. The normalized spacial score (nSPS) is 15.2. The first-order valence-corrected chi connectivity index (χ1v) is 9.03. The minimum absolute atomic E-state index is 0.0119. The van der Waals surface area contributed by atoms with Crippen molar-refractivity contribution in [1.29, 1.82) is 0 Å². The van der Waals surface area contributed by atoms with Crippen molar-refractivity contribution in [1.82, 2.24) is 0 Å². The van der Waals surface area contributed by atoms with Gasteiger partial charge in [-0.15, -0.1) is 0 Å². The molecule has 0 aliphatic carbocycles. The lowest BCUT2D eigenvalue weighted by Gasteiger charge is -2.11. The number of aromatic hydroxyl groups is 1. The van der Waals surface area contributed by atoms with Crippen LogP contribution in [0.5, 0.6) is 11.5 Å². The van der Waals surface area contributed by atoms with Crippen LogP contribution in [0.3, 0.4) is 0 Å². The van der Waals surface area contributed by atoms with Gasteiger partial charge >= 0.3 is 5.97 Å². The number of esters is 1. The highest BCUT2D eigenvalue weighted by Crippen LogP contribution is 2.43. The molecule has 1 aliphatic rings. The van der Waals surface area contributed by atoms with E-state index in [9.17, 15) is 14.7 Å². The lowest BCUT2D eigenvalue weighted by atomic mass is 9.98. The average Bonchev–Trinajstić information content (AvgIpc) is 3.09. The number of ether oxygens (including phenoxy) is 2. The van der Waals surface area contributed by atoms with Gasteiger partial charge in [-0.25, -0.2) is 4.79 Å². The number of nitrogens with two attached hydrogens (primary N) is 1. The van der Waals surface area contributed by atoms with Gasteiger partial charge in [0.15, 0.2) is 11.9 Å². The van der Waals surface area contributed by atoms with Crippen LogP contribution in [-0.4, -0.2) is 29.6 Å². The van der Waals surface area contributed by atoms with E-state index in [-0.39, 0.29) is 52.5 Å². The molecule has 0 fully saturated rings. The Bertz CT molecular complexity index is 929. The zero-order valence-electron chi connectivity index (χ0n) is 14.4. The molecule has 0 saturated carbocycles. The Morgan fingerprint density at radius 2 is 2.04 bits per heavy atom. The second kappa shape index (κ2) is 7.76. The van der Waals surface area contributed by atoms with Crippen molar-refractivity contribution in [2.24, 2.45) is 5.73 Å². The number of halogens is 2. The summed E-state index contributed by atoms with van der Waals surface area (Å²) in [6, 6.07) is 5.96.